The molecule has 3 aromatic rings. The molecule has 1 N–H and O–H groups in total. The highest BCUT2D eigenvalue weighted by Crippen LogP contribution is 2.14. The van der Waals surface area contributed by atoms with Crippen LogP contribution in [0.1, 0.15) is 47.7 Å². The monoisotopic (exact) mass is 415 g/mol. The van der Waals surface area contributed by atoms with E-state index < -0.39 is 0 Å². The normalized spacial score (nSPS) is 12.5. The van der Waals surface area contributed by atoms with Gasteiger partial charge in [-0.25, -0.2) is 0 Å². The van der Waals surface area contributed by atoms with E-state index in [2.05, 4.69) is 62.1 Å². The van der Waals surface area contributed by atoms with Crippen molar-refractivity contribution in [1.29, 1.82) is 0 Å². The molecule has 0 fully saturated rings. The Labute approximate surface area is 183 Å². The number of rotatable bonds is 10. The summed E-state index contributed by atoms with van der Waals surface area (Å²) in [6.07, 6.45) is 8.30. The second-order valence-electron chi connectivity index (χ2n) is 7.11. The Morgan fingerprint density at radius 2 is 1.81 bits per heavy atom. The maximum absolute atomic E-state index is 5.41. The van der Waals surface area contributed by atoms with Gasteiger partial charge in [0.15, 0.2) is 0 Å². The van der Waals surface area contributed by atoms with E-state index >= 15 is 0 Å². The predicted octanol–water partition coefficient (Wildman–Crippen LogP) is 4.85. The van der Waals surface area contributed by atoms with E-state index in [1.807, 2.05) is 37.3 Å². The average Bonchev–Trinajstić information content (AvgIpc) is 3.22. The molecule has 6 heteroatoms. The second kappa shape index (κ2) is 11.6. The molecule has 0 spiro atoms. The quantitative estimate of drug-likeness (QED) is 0.292. The first kappa shape index (κ1) is 22.2. The molecule has 1 heterocycles. The van der Waals surface area contributed by atoms with Crippen LogP contribution < -0.4 is 5.43 Å². The summed E-state index contributed by atoms with van der Waals surface area (Å²) in [7, 11) is 3.60. The molecule has 0 saturated heterocycles. The van der Waals surface area contributed by atoms with Crippen molar-refractivity contribution < 1.29 is 4.42 Å². The molecule has 6 nitrogen and oxygen atoms in total. The van der Waals surface area contributed by atoms with Gasteiger partial charge in [-0.15, -0.1) is 10.2 Å². The predicted molar refractivity (Wildman–Crippen MR) is 127 cm³/mol. The molecule has 0 radical (unpaired) electrons. The third-order valence-electron chi connectivity index (χ3n) is 4.77. The smallest absolute Gasteiger partial charge is 0.216 e. The van der Waals surface area contributed by atoms with Gasteiger partial charge in [0, 0.05) is 38.6 Å². The molecule has 0 amide bonds. The maximum atomic E-state index is 5.41. The summed E-state index contributed by atoms with van der Waals surface area (Å²) >= 11 is 0. The lowest BCUT2D eigenvalue weighted by molar-refractivity contribution is 0.459. The second-order valence-corrected chi connectivity index (χ2v) is 7.11. The number of hydrogen-bond acceptors (Lipinski definition) is 6. The molecule has 0 aliphatic carbocycles. The molecule has 31 heavy (non-hydrogen) atoms. The zero-order valence-electron chi connectivity index (χ0n) is 18.4. The summed E-state index contributed by atoms with van der Waals surface area (Å²) in [6, 6.07) is 18.5. The molecular formula is C25H29N5O. The van der Waals surface area contributed by atoms with Gasteiger partial charge in [-0.2, -0.15) is 5.10 Å². The summed E-state index contributed by atoms with van der Waals surface area (Å²) in [4.78, 5) is 4.55. The van der Waals surface area contributed by atoms with Gasteiger partial charge in [-0.1, -0.05) is 60.7 Å². The molecule has 3 rings (SSSR count). The number of nitrogens with one attached hydrogen (secondary N) is 1. The zero-order chi connectivity index (χ0) is 21.9. The van der Waals surface area contributed by atoms with Crippen molar-refractivity contribution in [3.05, 3.63) is 89.1 Å². The number of hydrogen-bond donors (Lipinski definition) is 1. The lowest BCUT2D eigenvalue weighted by atomic mass is 9.98. The Morgan fingerprint density at radius 3 is 2.52 bits per heavy atom. The van der Waals surface area contributed by atoms with Gasteiger partial charge in [-0.05, 0) is 30.9 Å². The van der Waals surface area contributed by atoms with Crippen molar-refractivity contribution in [1.82, 2.24) is 15.6 Å². The van der Waals surface area contributed by atoms with Crippen molar-refractivity contribution in [2.45, 2.75) is 32.6 Å². The Balaban J connectivity index is 1.64. The average molecular weight is 416 g/mol. The number of allylic oxidation sites excluding steroid dienone is 1. The number of nitrogens with zero attached hydrogens (tertiary/aromatic N) is 4. The van der Waals surface area contributed by atoms with E-state index in [4.69, 9.17) is 4.42 Å². The SMILES string of the molecule is CN=C(/C(=N\NC)c1ccccc1)c1cccc(/C=C/CCCCc2nnc(C)o2)c1. The van der Waals surface area contributed by atoms with Crippen LogP contribution in [0, 0.1) is 6.92 Å². The lowest BCUT2D eigenvalue weighted by Crippen LogP contribution is -2.20. The third kappa shape index (κ3) is 6.47. The topological polar surface area (TPSA) is 75.7 Å². The van der Waals surface area contributed by atoms with E-state index in [1.165, 1.54) is 0 Å². The number of aryl methyl sites for hydroxylation is 2. The van der Waals surface area contributed by atoms with E-state index in [-0.39, 0.29) is 0 Å². The summed E-state index contributed by atoms with van der Waals surface area (Å²) in [5, 5.41) is 12.4. The molecule has 160 valence electrons. The number of aromatic nitrogens is 2. The number of unbranched alkanes of at least 4 members (excludes halogenated alkanes) is 2. The molecule has 0 unspecified atom stereocenters. The highest BCUT2D eigenvalue weighted by molar-refractivity contribution is 6.53. The summed E-state index contributed by atoms with van der Waals surface area (Å²) < 4.78 is 5.41. The van der Waals surface area contributed by atoms with E-state index in [9.17, 15) is 0 Å². The van der Waals surface area contributed by atoms with Crippen LogP contribution in [-0.4, -0.2) is 35.7 Å². The first-order valence-electron chi connectivity index (χ1n) is 10.5. The molecular weight excluding hydrogens is 386 g/mol. The summed E-state index contributed by atoms with van der Waals surface area (Å²) in [5.41, 5.74) is 7.79. The van der Waals surface area contributed by atoms with Crippen LogP contribution in [0.4, 0.5) is 0 Å². The van der Waals surface area contributed by atoms with Gasteiger partial charge < -0.3 is 9.84 Å². The van der Waals surface area contributed by atoms with Crippen LogP contribution in [0.15, 0.2) is 75.2 Å². The maximum Gasteiger partial charge on any atom is 0.216 e. The molecule has 0 atom stereocenters. The first-order chi connectivity index (χ1) is 15.2. The minimum Gasteiger partial charge on any atom is -0.426 e. The Morgan fingerprint density at radius 1 is 1.00 bits per heavy atom. The van der Waals surface area contributed by atoms with E-state index in [1.54, 1.807) is 14.1 Å². The van der Waals surface area contributed by atoms with Crippen LogP contribution in [-0.2, 0) is 6.42 Å². The molecule has 0 aliphatic rings. The Kier molecular flexibility index (Phi) is 8.29. The van der Waals surface area contributed by atoms with Crippen molar-refractivity contribution in [3.8, 4) is 0 Å². The molecule has 0 aliphatic heterocycles. The summed E-state index contributed by atoms with van der Waals surface area (Å²) in [6.45, 7) is 1.81. The van der Waals surface area contributed by atoms with E-state index in [0.717, 1.165) is 59.7 Å². The van der Waals surface area contributed by atoms with E-state index in [0.29, 0.717) is 5.89 Å². The molecule has 0 bridgehead atoms. The van der Waals surface area contributed by atoms with Gasteiger partial charge in [0.05, 0.1) is 5.71 Å². The fourth-order valence-corrected chi connectivity index (χ4v) is 3.32. The fourth-order valence-electron chi connectivity index (χ4n) is 3.32. The van der Waals surface area contributed by atoms with Crippen LogP contribution in [0.25, 0.3) is 6.08 Å². The highest BCUT2D eigenvalue weighted by atomic mass is 16.4. The molecule has 1 aromatic heterocycles. The minimum absolute atomic E-state index is 0.625. The van der Waals surface area contributed by atoms with Gasteiger partial charge in [0.25, 0.3) is 0 Å². The number of aliphatic imine (C=N–C) groups is 1. The van der Waals surface area contributed by atoms with Gasteiger partial charge in [0.1, 0.15) is 5.71 Å². The Bertz CT molecular complexity index is 1050. The molecule has 2 aromatic carbocycles. The van der Waals surface area contributed by atoms with Gasteiger partial charge >= 0.3 is 0 Å². The summed E-state index contributed by atoms with van der Waals surface area (Å²) in [5.74, 6) is 1.35. The number of benzene rings is 2. The zero-order valence-corrected chi connectivity index (χ0v) is 18.4. The van der Waals surface area contributed by atoms with Crippen molar-refractivity contribution in [2.24, 2.45) is 10.1 Å². The van der Waals surface area contributed by atoms with Crippen molar-refractivity contribution in [3.63, 3.8) is 0 Å². The van der Waals surface area contributed by atoms with Crippen LogP contribution >= 0.6 is 0 Å². The van der Waals surface area contributed by atoms with Gasteiger partial charge in [0.2, 0.25) is 11.8 Å². The Hall–Kier alpha value is -3.54. The van der Waals surface area contributed by atoms with Crippen molar-refractivity contribution >= 4 is 17.5 Å². The number of hydrazone groups is 1. The highest BCUT2D eigenvalue weighted by Gasteiger charge is 2.14. The van der Waals surface area contributed by atoms with Gasteiger partial charge in [-0.3, -0.25) is 4.99 Å². The third-order valence-corrected chi connectivity index (χ3v) is 4.77. The van der Waals surface area contributed by atoms with Crippen molar-refractivity contribution in [2.75, 3.05) is 14.1 Å². The standard InChI is InChI=1S/C25H29N5O/c1-19-28-29-23(31-19)17-10-5-4-7-12-20-13-11-16-22(18-20)24(26-2)25(30-27-3)21-14-8-6-9-15-21/h6-9,11-16,18,27H,4-5,10,17H2,1-3H3/b12-7+,26-24?,30-25-. The van der Waals surface area contributed by atoms with Crippen LogP contribution in [0.2, 0.25) is 0 Å². The minimum atomic E-state index is 0.625. The largest absolute Gasteiger partial charge is 0.426 e. The lowest BCUT2D eigenvalue weighted by Gasteiger charge is -2.11. The molecule has 0 saturated carbocycles. The van der Waals surface area contributed by atoms with Crippen LogP contribution in [0.3, 0.4) is 0 Å². The van der Waals surface area contributed by atoms with Crippen LogP contribution in [0.5, 0.6) is 0 Å². The fraction of sp³-hybridized carbons (Fsp3) is 0.280. The first-order valence-corrected chi connectivity index (χ1v) is 10.5.